The lowest BCUT2D eigenvalue weighted by Gasteiger charge is -2.15. The van der Waals surface area contributed by atoms with Gasteiger partial charge in [-0.05, 0) is 6.07 Å². The first kappa shape index (κ1) is 13.7. The molecule has 0 aliphatic carbocycles. The van der Waals surface area contributed by atoms with E-state index in [1.165, 1.54) is 0 Å². The molecule has 6 heteroatoms. The molecular weight excluding hydrogens is 272 g/mol. The number of rotatable bonds is 4. The number of benzene rings is 1. The molecule has 0 aromatic heterocycles. The average Bonchev–Trinajstić information content (AvgIpc) is 2.90. The second-order valence-corrected chi connectivity index (χ2v) is 5.49. The van der Waals surface area contributed by atoms with Crippen molar-refractivity contribution < 1.29 is 9.90 Å². The third-order valence-corrected chi connectivity index (χ3v) is 4.05. The largest absolute Gasteiger partial charge is 0.387 e. The maximum atomic E-state index is 11.7. The van der Waals surface area contributed by atoms with E-state index in [1.807, 2.05) is 0 Å². The Balaban J connectivity index is 1.86. The number of halogens is 1. The standard InChI is InChI=1S/C12H15ClN2O2S/c13-9-4-2-1-3-8(9)11(16)5-14-12(17)10-6-18-7-15-10/h1-4,10-11,15-16H,5-7H2,(H,14,17)/t10-,11?/m1/s1. The molecule has 1 saturated heterocycles. The lowest BCUT2D eigenvalue weighted by atomic mass is 10.1. The molecule has 4 nitrogen and oxygen atoms in total. The van der Waals surface area contributed by atoms with Gasteiger partial charge in [0, 0.05) is 28.8 Å². The Labute approximate surface area is 115 Å². The summed E-state index contributed by atoms with van der Waals surface area (Å²) < 4.78 is 0. The van der Waals surface area contributed by atoms with Gasteiger partial charge >= 0.3 is 0 Å². The van der Waals surface area contributed by atoms with Gasteiger partial charge in [0.2, 0.25) is 5.91 Å². The predicted octanol–water partition coefficient (Wildman–Crippen LogP) is 1.15. The van der Waals surface area contributed by atoms with E-state index < -0.39 is 6.10 Å². The van der Waals surface area contributed by atoms with Crippen LogP contribution in [0.1, 0.15) is 11.7 Å². The summed E-state index contributed by atoms with van der Waals surface area (Å²) in [4.78, 5) is 11.7. The number of hydrogen-bond acceptors (Lipinski definition) is 4. The zero-order valence-electron chi connectivity index (χ0n) is 9.73. The number of carbonyl (C=O) groups is 1. The number of aliphatic hydroxyl groups excluding tert-OH is 1. The van der Waals surface area contributed by atoms with Gasteiger partial charge in [-0.15, -0.1) is 11.8 Å². The highest BCUT2D eigenvalue weighted by Gasteiger charge is 2.23. The number of hydrogen-bond donors (Lipinski definition) is 3. The predicted molar refractivity (Wildman–Crippen MR) is 73.7 cm³/mol. The summed E-state index contributed by atoms with van der Waals surface area (Å²) >= 11 is 7.66. The molecule has 0 saturated carbocycles. The molecule has 1 amide bonds. The Morgan fingerprint density at radius 2 is 2.39 bits per heavy atom. The van der Waals surface area contributed by atoms with Gasteiger partial charge in [-0.3, -0.25) is 10.1 Å². The number of carbonyl (C=O) groups excluding carboxylic acids is 1. The van der Waals surface area contributed by atoms with Gasteiger partial charge in [-0.1, -0.05) is 29.8 Å². The van der Waals surface area contributed by atoms with Gasteiger partial charge in [0.1, 0.15) is 0 Å². The Morgan fingerprint density at radius 1 is 1.61 bits per heavy atom. The van der Waals surface area contributed by atoms with Crippen molar-refractivity contribution in [1.29, 1.82) is 0 Å². The minimum absolute atomic E-state index is 0.0777. The summed E-state index contributed by atoms with van der Waals surface area (Å²) in [6.45, 7) is 0.172. The first-order valence-corrected chi connectivity index (χ1v) is 7.23. The van der Waals surface area contributed by atoms with Gasteiger partial charge in [-0.2, -0.15) is 0 Å². The second-order valence-electron chi connectivity index (χ2n) is 4.05. The summed E-state index contributed by atoms with van der Waals surface area (Å²) in [6, 6.07) is 6.92. The summed E-state index contributed by atoms with van der Waals surface area (Å²) in [7, 11) is 0. The van der Waals surface area contributed by atoms with Crippen LogP contribution in [-0.2, 0) is 4.79 Å². The van der Waals surface area contributed by atoms with E-state index >= 15 is 0 Å². The van der Waals surface area contributed by atoms with Crippen LogP contribution in [0.5, 0.6) is 0 Å². The van der Waals surface area contributed by atoms with Gasteiger partial charge < -0.3 is 10.4 Å². The van der Waals surface area contributed by atoms with Crippen LogP contribution in [0.15, 0.2) is 24.3 Å². The van der Waals surface area contributed by atoms with Crippen molar-refractivity contribution in [1.82, 2.24) is 10.6 Å². The molecular formula is C12H15ClN2O2S. The zero-order chi connectivity index (χ0) is 13.0. The van der Waals surface area contributed by atoms with Crippen LogP contribution >= 0.6 is 23.4 Å². The summed E-state index contributed by atoms with van der Waals surface area (Å²) in [5.74, 6) is 1.49. The van der Waals surface area contributed by atoms with E-state index in [0.717, 1.165) is 11.6 Å². The van der Waals surface area contributed by atoms with E-state index in [4.69, 9.17) is 11.6 Å². The highest BCUT2D eigenvalue weighted by molar-refractivity contribution is 7.99. The van der Waals surface area contributed by atoms with Crippen LogP contribution in [0.3, 0.4) is 0 Å². The normalized spacial score (nSPS) is 20.7. The lowest BCUT2D eigenvalue weighted by Crippen LogP contribution is -2.43. The van der Waals surface area contributed by atoms with Gasteiger partial charge in [0.25, 0.3) is 0 Å². The number of amides is 1. The fraction of sp³-hybridized carbons (Fsp3) is 0.417. The molecule has 3 N–H and O–H groups in total. The molecule has 1 aliphatic heterocycles. The Morgan fingerprint density at radius 3 is 3.06 bits per heavy atom. The van der Waals surface area contributed by atoms with Crippen molar-refractivity contribution in [2.24, 2.45) is 0 Å². The van der Waals surface area contributed by atoms with E-state index in [9.17, 15) is 9.90 Å². The summed E-state index contributed by atoms with van der Waals surface area (Å²) in [5.41, 5.74) is 0.633. The lowest BCUT2D eigenvalue weighted by molar-refractivity contribution is -0.122. The van der Waals surface area contributed by atoms with Gasteiger partial charge in [0.15, 0.2) is 0 Å². The van der Waals surface area contributed by atoms with Crippen LogP contribution in [0, 0.1) is 0 Å². The van der Waals surface area contributed by atoms with Crippen molar-refractivity contribution in [3.05, 3.63) is 34.9 Å². The van der Waals surface area contributed by atoms with Crippen LogP contribution in [0.25, 0.3) is 0 Å². The number of nitrogens with one attached hydrogen (secondary N) is 2. The quantitative estimate of drug-likeness (QED) is 0.777. The Kier molecular flexibility index (Phi) is 4.88. The monoisotopic (exact) mass is 286 g/mol. The Hall–Kier alpha value is -0.750. The van der Waals surface area contributed by atoms with Crippen molar-refractivity contribution in [3.63, 3.8) is 0 Å². The topological polar surface area (TPSA) is 61.4 Å². The number of thioether (sulfide) groups is 1. The van der Waals surface area contributed by atoms with Gasteiger partial charge in [-0.25, -0.2) is 0 Å². The molecule has 0 spiro atoms. The molecule has 0 bridgehead atoms. The zero-order valence-corrected chi connectivity index (χ0v) is 11.3. The average molecular weight is 287 g/mol. The van der Waals surface area contributed by atoms with Crippen LogP contribution in [0.2, 0.25) is 5.02 Å². The fourth-order valence-electron chi connectivity index (χ4n) is 1.74. The first-order valence-electron chi connectivity index (χ1n) is 5.70. The fourth-order valence-corrected chi connectivity index (χ4v) is 2.94. The molecule has 18 heavy (non-hydrogen) atoms. The molecule has 1 aliphatic rings. The van der Waals surface area contributed by atoms with Crippen molar-refractivity contribution in [3.8, 4) is 0 Å². The first-order chi connectivity index (χ1) is 8.68. The van der Waals surface area contributed by atoms with Gasteiger partial charge in [0.05, 0.1) is 12.1 Å². The molecule has 2 atom stereocenters. The molecule has 1 unspecified atom stereocenters. The molecule has 0 radical (unpaired) electrons. The maximum absolute atomic E-state index is 11.7. The van der Waals surface area contributed by atoms with E-state index in [1.54, 1.807) is 36.0 Å². The molecule has 1 heterocycles. The highest BCUT2D eigenvalue weighted by atomic mass is 35.5. The third kappa shape index (κ3) is 3.38. The maximum Gasteiger partial charge on any atom is 0.238 e. The molecule has 98 valence electrons. The molecule has 2 rings (SSSR count). The number of aliphatic hydroxyl groups is 1. The van der Waals surface area contributed by atoms with Crippen LogP contribution in [-0.4, -0.2) is 35.2 Å². The van der Waals surface area contributed by atoms with Crippen molar-refractivity contribution in [2.45, 2.75) is 12.1 Å². The van der Waals surface area contributed by atoms with Crippen LogP contribution < -0.4 is 10.6 Å². The summed E-state index contributed by atoms with van der Waals surface area (Å²) in [5, 5.41) is 16.3. The summed E-state index contributed by atoms with van der Waals surface area (Å²) in [6.07, 6.45) is -0.781. The third-order valence-electron chi connectivity index (χ3n) is 2.77. The van der Waals surface area contributed by atoms with Crippen LogP contribution in [0.4, 0.5) is 0 Å². The Bertz CT molecular complexity index is 424. The van der Waals surface area contributed by atoms with E-state index in [0.29, 0.717) is 10.6 Å². The van der Waals surface area contributed by atoms with E-state index in [-0.39, 0.29) is 18.5 Å². The second kappa shape index (κ2) is 6.43. The molecule has 1 fully saturated rings. The smallest absolute Gasteiger partial charge is 0.238 e. The SMILES string of the molecule is O=C(NCC(O)c1ccccc1Cl)[C@H]1CSCN1. The highest BCUT2D eigenvalue weighted by Crippen LogP contribution is 2.21. The molecule has 1 aromatic rings. The van der Waals surface area contributed by atoms with E-state index in [2.05, 4.69) is 10.6 Å². The van der Waals surface area contributed by atoms with Crippen molar-refractivity contribution in [2.75, 3.05) is 18.2 Å². The minimum atomic E-state index is -0.781. The minimum Gasteiger partial charge on any atom is -0.387 e. The molecule has 1 aromatic carbocycles. The van der Waals surface area contributed by atoms with Crippen molar-refractivity contribution >= 4 is 29.3 Å².